The third kappa shape index (κ3) is 5.65. The van der Waals surface area contributed by atoms with Gasteiger partial charge in [-0.2, -0.15) is 5.10 Å². The molecule has 1 aromatic heterocycles. The van der Waals surface area contributed by atoms with Crippen LogP contribution in [0.2, 0.25) is 0 Å². The van der Waals surface area contributed by atoms with Crippen molar-refractivity contribution < 1.29 is 13.9 Å². The molecular weight excluding hydrogens is 375 g/mol. The van der Waals surface area contributed by atoms with Gasteiger partial charge in [0.25, 0.3) is 5.56 Å². The third-order valence-corrected chi connectivity index (χ3v) is 4.19. The molecule has 150 valence electrons. The van der Waals surface area contributed by atoms with E-state index in [1.165, 1.54) is 35.0 Å². The Bertz CT molecular complexity index is 1020. The number of aryl methyl sites for hydroxylation is 1. The molecule has 7 nitrogen and oxygen atoms in total. The Morgan fingerprint density at radius 3 is 2.48 bits per heavy atom. The molecule has 2 aromatic carbocycles. The van der Waals surface area contributed by atoms with Gasteiger partial charge in [-0.15, -0.1) is 0 Å². The fraction of sp³-hybridized carbons (Fsp3) is 0.190. The number of nitrogens with zero attached hydrogens (tertiary/aromatic N) is 2. The predicted molar refractivity (Wildman–Crippen MR) is 109 cm³/mol. The Labute approximate surface area is 167 Å². The van der Waals surface area contributed by atoms with Gasteiger partial charge in [-0.1, -0.05) is 0 Å². The van der Waals surface area contributed by atoms with E-state index in [1.54, 1.807) is 13.2 Å². The molecule has 0 saturated heterocycles. The Hall–Kier alpha value is -3.68. The summed E-state index contributed by atoms with van der Waals surface area (Å²) in [5.41, 5.74) is 1.83. The zero-order valence-electron chi connectivity index (χ0n) is 15.9. The van der Waals surface area contributed by atoms with Crippen molar-refractivity contribution in [2.45, 2.75) is 13.0 Å². The van der Waals surface area contributed by atoms with E-state index in [0.29, 0.717) is 30.9 Å². The molecule has 0 bridgehead atoms. The van der Waals surface area contributed by atoms with E-state index in [4.69, 9.17) is 4.74 Å². The van der Waals surface area contributed by atoms with Crippen LogP contribution < -0.4 is 20.9 Å². The lowest BCUT2D eigenvalue weighted by Crippen LogP contribution is -2.31. The summed E-state index contributed by atoms with van der Waals surface area (Å²) in [5, 5.41) is 9.69. The van der Waals surface area contributed by atoms with Crippen LogP contribution in [0.3, 0.4) is 0 Å². The number of aromatic nitrogens is 2. The molecule has 0 unspecified atom stereocenters. The fourth-order valence-electron chi connectivity index (χ4n) is 2.66. The molecule has 29 heavy (non-hydrogen) atoms. The first-order valence-corrected chi connectivity index (χ1v) is 9.08. The predicted octanol–water partition coefficient (Wildman–Crippen LogP) is 3.27. The zero-order chi connectivity index (χ0) is 20.6. The summed E-state index contributed by atoms with van der Waals surface area (Å²) < 4.78 is 19.4. The topological polar surface area (TPSA) is 85.2 Å². The smallest absolute Gasteiger partial charge is 0.319 e. The van der Waals surface area contributed by atoms with Gasteiger partial charge in [0.15, 0.2) is 0 Å². The number of anilines is 1. The number of hydrogen-bond acceptors (Lipinski definition) is 4. The molecule has 3 rings (SSSR count). The number of ether oxygens (including phenoxy) is 1. The second kappa shape index (κ2) is 9.50. The van der Waals surface area contributed by atoms with Gasteiger partial charge in [0, 0.05) is 30.4 Å². The highest BCUT2D eigenvalue weighted by Gasteiger charge is 2.05. The number of carbonyl (C=O) groups is 1. The van der Waals surface area contributed by atoms with E-state index >= 15 is 0 Å². The lowest BCUT2D eigenvalue weighted by atomic mass is 10.1. The van der Waals surface area contributed by atoms with Gasteiger partial charge in [-0.05, 0) is 61.0 Å². The maximum absolute atomic E-state index is 12.9. The van der Waals surface area contributed by atoms with Gasteiger partial charge in [0.2, 0.25) is 0 Å². The number of rotatable bonds is 7. The summed E-state index contributed by atoms with van der Waals surface area (Å²) in [7, 11) is 1.60. The van der Waals surface area contributed by atoms with E-state index < -0.39 is 6.03 Å². The number of amides is 2. The van der Waals surface area contributed by atoms with Gasteiger partial charge >= 0.3 is 6.03 Å². The number of carbonyl (C=O) groups excluding carboxylic acids is 1. The summed E-state index contributed by atoms with van der Waals surface area (Å²) in [5.74, 6) is 0.373. The molecular formula is C21H21FN4O3. The van der Waals surface area contributed by atoms with Crippen LogP contribution in [0.1, 0.15) is 6.42 Å². The number of hydrogen-bond donors (Lipinski definition) is 2. The summed E-state index contributed by atoms with van der Waals surface area (Å²) in [4.78, 5) is 23.9. The minimum Gasteiger partial charge on any atom is -0.497 e. The largest absolute Gasteiger partial charge is 0.497 e. The number of methoxy groups -OCH3 is 1. The van der Waals surface area contributed by atoms with Crippen molar-refractivity contribution in [3.05, 3.63) is 76.8 Å². The number of nitrogens with one attached hydrogen (secondary N) is 2. The molecule has 0 aliphatic heterocycles. The molecule has 2 amide bonds. The maximum Gasteiger partial charge on any atom is 0.319 e. The quantitative estimate of drug-likeness (QED) is 0.600. The minimum absolute atomic E-state index is 0.210. The Morgan fingerprint density at radius 2 is 1.79 bits per heavy atom. The van der Waals surface area contributed by atoms with E-state index in [0.717, 1.165) is 11.3 Å². The summed E-state index contributed by atoms with van der Waals surface area (Å²) in [6.45, 7) is 0.716. The van der Waals surface area contributed by atoms with Crippen LogP contribution in [0.15, 0.2) is 65.5 Å². The van der Waals surface area contributed by atoms with Gasteiger partial charge in [-0.3, -0.25) is 4.79 Å². The molecule has 1 heterocycles. The summed E-state index contributed by atoms with van der Waals surface area (Å²) in [6.07, 6.45) is 0.524. The van der Waals surface area contributed by atoms with Gasteiger partial charge in [0.1, 0.15) is 11.6 Å². The highest BCUT2D eigenvalue weighted by Crippen LogP contribution is 2.19. The van der Waals surface area contributed by atoms with Crippen molar-refractivity contribution in [3.63, 3.8) is 0 Å². The van der Waals surface area contributed by atoms with Crippen LogP contribution in [0.5, 0.6) is 5.75 Å². The fourth-order valence-corrected chi connectivity index (χ4v) is 2.66. The van der Waals surface area contributed by atoms with Crippen molar-refractivity contribution in [3.8, 4) is 17.0 Å². The maximum atomic E-state index is 12.9. The average molecular weight is 396 g/mol. The Balaban J connectivity index is 1.52. The van der Waals surface area contributed by atoms with Crippen molar-refractivity contribution in [2.75, 3.05) is 19.0 Å². The third-order valence-electron chi connectivity index (χ3n) is 4.19. The zero-order valence-corrected chi connectivity index (χ0v) is 15.9. The molecule has 0 fully saturated rings. The lowest BCUT2D eigenvalue weighted by molar-refractivity contribution is 0.251. The van der Waals surface area contributed by atoms with Crippen LogP contribution in [-0.4, -0.2) is 29.5 Å². The van der Waals surface area contributed by atoms with E-state index in [-0.39, 0.29) is 11.4 Å². The second-order valence-electron chi connectivity index (χ2n) is 6.25. The van der Waals surface area contributed by atoms with Crippen molar-refractivity contribution in [1.29, 1.82) is 0 Å². The average Bonchev–Trinajstić information content (AvgIpc) is 2.74. The molecule has 0 aliphatic carbocycles. The van der Waals surface area contributed by atoms with Crippen LogP contribution in [0, 0.1) is 5.82 Å². The van der Waals surface area contributed by atoms with E-state index in [1.807, 2.05) is 24.3 Å². The van der Waals surface area contributed by atoms with Crippen LogP contribution in [-0.2, 0) is 6.54 Å². The number of benzene rings is 2. The Kier molecular flexibility index (Phi) is 6.57. The standard InChI is InChI=1S/C21H21FN4O3/c1-29-18-9-3-15(4-10-18)19-11-12-20(27)26(25-19)14-2-13-23-21(28)24-17-7-5-16(22)6-8-17/h3-12H,2,13-14H2,1H3,(H2,23,24,28). The van der Waals surface area contributed by atoms with Crippen molar-refractivity contribution in [1.82, 2.24) is 15.1 Å². The normalized spacial score (nSPS) is 10.4. The van der Waals surface area contributed by atoms with E-state index in [2.05, 4.69) is 15.7 Å². The summed E-state index contributed by atoms with van der Waals surface area (Å²) in [6, 6.07) is 15.6. The molecule has 3 aromatic rings. The highest BCUT2D eigenvalue weighted by atomic mass is 19.1. The van der Waals surface area contributed by atoms with E-state index in [9.17, 15) is 14.0 Å². The molecule has 0 radical (unpaired) electrons. The first kappa shape index (κ1) is 20.1. The highest BCUT2D eigenvalue weighted by molar-refractivity contribution is 5.89. The first-order chi connectivity index (χ1) is 14.0. The van der Waals surface area contributed by atoms with Crippen LogP contribution in [0.4, 0.5) is 14.9 Å². The lowest BCUT2D eigenvalue weighted by Gasteiger charge is -2.09. The van der Waals surface area contributed by atoms with Gasteiger partial charge in [-0.25, -0.2) is 13.9 Å². The second-order valence-corrected chi connectivity index (χ2v) is 6.25. The van der Waals surface area contributed by atoms with Crippen molar-refractivity contribution in [2.24, 2.45) is 0 Å². The monoisotopic (exact) mass is 396 g/mol. The van der Waals surface area contributed by atoms with Crippen LogP contribution >= 0.6 is 0 Å². The molecule has 0 spiro atoms. The van der Waals surface area contributed by atoms with Gasteiger partial charge in [0.05, 0.1) is 12.8 Å². The summed E-state index contributed by atoms with van der Waals surface area (Å²) >= 11 is 0. The molecule has 2 N–H and O–H groups in total. The Morgan fingerprint density at radius 1 is 1.07 bits per heavy atom. The van der Waals surface area contributed by atoms with Gasteiger partial charge < -0.3 is 15.4 Å². The minimum atomic E-state index is -0.399. The molecule has 0 saturated carbocycles. The SMILES string of the molecule is COc1ccc(-c2ccc(=O)n(CCCNC(=O)Nc3ccc(F)cc3)n2)cc1. The molecule has 8 heteroatoms. The van der Waals surface area contributed by atoms with Crippen LogP contribution in [0.25, 0.3) is 11.3 Å². The molecule has 0 atom stereocenters. The first-order valence-electron chi connectivity index (χ1n) is 9.08. The molecule has 0 aliphatic rings. The number of urea groups is 1. The number of halogens is 1. The van der Waals surface area contributed by atoms with Crippen molar-refractivity contribution >= 4 is 11.7 Å².